The molecule has 38 heavy (non-hydrogen) atoms. The van der Waals surface area contributed by atoms with Crippen LogP contribution in [0.1, 0.15) is 27.2 Å². The number of hydrogen-bond acceptors (Lipinski definition) is 6. The number of aryl methyl sites for hydroxylation is 2. The van der Waals surface area contributed by atoms with Crippen molar-refractivity contribution in [3.63, 3.8) is 0 Å². The molecule has 0 radical (unpaired) electrons. The molecule has 5 rings (SSSR count). The van der Waals surface area contributed by atoms with Crippen LogP contribution in [0.25, 0.3) is 10.9 Å². The van der Waals surface area contributed by atoms with Crippen LogP contribution in [-0.4, -0.2) is 36.3 Å². The first-order chi connectivity index (χ1) is 18.4. The van der Waals surface area contributed by atoms with Crippen LogP contribution in [0, 0.1) is 13.8 Å². The lowest BCUT2D eigenvalue weighted by atomic mass is 10.1. The van der Waals surface area contributed by atoms with Crippen LogP contribution in [0.4, 0.5) is 5.69 Å². The summed E-state index contributed by atoms with van der Waals surface area (Å²) in [6, 6.07) is 17.8. The molecule has 3 aromatic carbocycles. The first-order valence-electron chi connectivity index (χ1n) is 11.9. The number of hydrogen-bond donors (Lipinski definition) is 3. The molecule has 4 aromatic rings. The Labute approximate surface area is 218 Å². The summed E-state index contributed by atoms with van der Waals surface area (Å²) in [5, 5.41) is 6.17. The first kappa shape index (κ1) is 24.7. The molecule has 0 aliphatic carbocycles. The van der Waals surface area contributed by atoms with E-state index in [2.05, 4.69) is 16.1 Å². The third-order valence-electron chi connectivity index (χ3n) is 6.27. The monoisotopic (exact) mass is 514 g/mol. The van der Waals surface area contributed by atoms with Crippen molar-refractivity contribution < 1.29 is 28.6 Å². The molecular weight excluding hydrogens is 488 g/mol. The van der Waals surface area contributed by atoms with E-state index in [9.17, 15) is 14.4 Å². The number of rotatable bonds is 6. The Morgan fingerprint density at radius 3 is 2.42 bits per heavy atom. The SMILES string of the molecule is COc1cccc2cc(C(=O)Nc3c(C)cccc3C)n(NC(=O)C(=O)NCc3ccc4c(c3)OCO4)c12. The Morgan fingerprint density at radius 2 is 1.66 bits per heavy atom. The summed E-state index contributed by atoms with van der Waals surface area (Å²) >= 11 is 0. The van der Waals surface area contributed by atoms with Gasteiger partial charge in [0.05, 0.1) is 7.11 Å². The molecule has 2 heterocycles. The fraction of sp³-hybridized carbons (Fsp3) is 0.179. The first-order valence-corrected chi connectivity index (χ1v) is 11.9. The van der Waals surface area contributed by atoms with Gasteiger partial charge >= 0.3 is 11.8 Å². The summed E-state index contributed by atoms with van der Waals surface area (Å²) in [6.07, 6.45) is 0. The van der Waals surface area contributed by atoms with Gasteiger partial charge in [0.25, 0.3) is 5.91 Å². The smallest absolute Gasteiger partial charge is 0.328 e. The van der Waals surface area contributed by atoms with Crippen LogP contribution >= 0.6 is 0 Å². The summed E-state index contributed by atoms with van der Waals surface area (Å²) in [5.74, 6) is -0.656. The molecule has 0 fully saturated rings. The van der Waals surface area contributed by atoms with Crippen LogP contribution in [0.15, 0.2) is 60.7 Å². The molecule has 1 aliphatic rings. The van der Waals surface area contributed by atoms with E-state index in [4.69, 9.17) is 14.2 Å². The van der Waals surface area contributed by atoms with Gasteiger partial charge in [0.2, 0.25) is 6.79 Å². The van der Waals surface area contributed by atoms with E-state index < -0.39 is 17.7 Å². The van der Waals surface area contributed by atoms with Crippen molar-refractivity contribution in [1.82, 2.24) is 9.99 Å². The molecule has 10 heteroatoms. The Hall–Kier alpha value is -4.99. The van der Waals surface area contributed by atoms with E-state index in [1.807, 2.05) is 32.0 Å². The molecule has 0 saturated heterocycles. The van der Waals surface area contributed by atoms with Crippen LogP contribution in [0.3, 0.4) is 0 Å². The third kappa shape index (κ3) is 4.71. The van der Waals surface area contributed by atoms with Gasteiger partial charge in [-0.05, 0) is 54.8 Å². The zero-order valence-electron chi connectivity index (χ0n) is 21.1. The van der Waals surface area contributed by atoms with E-state index in [0.29, 0.717) is 33.8 Å². The highest BCUT2D eigenvalue weighted by molar-refractivity contribution is 6.38. The van der Waals surface area contributed by atoms with Gasteiger partial charge in [0.1, 0.15) is 17.0 Å². The van der Waals surface area contributed by atoms with Crippen LogP contribution in [0.2, 0.25) is 0 Å². The van der Waals surface area contributed by atoms with Gasteiger partial charge < -0.3 is 24.8 Å². The Kier molecular flexibility index (Phi) is 6.61. The maximum atomic E-state index is 13.4. The van der Waals surface area contributed by atoms with Crippen molar-refractivity contribution in [3.05, 3.63) is 83.0 Å². The minimum atomic E-state index is -0.949. The van der Waals surface area contributed by atoms with Gasteiger partial charge in [-0.2, -0.15) is 0 Å². The van der Waals surface area contributed by atoms with Crippen LogP contribution < -0.4 is 30.3 Å². The number of anilines is 1. The highest BCUT2D eigenvalue weighted by Gasteiger charge is 2.23. The molecule has 1 aromatic heterocycles. The zero-order chi connectivity index (χ0) is 26.8. The maximum Gasteiger partial charge on any atom is 0.328 e. The van der Waals surface area contributed by atoms with Gasteiger partial charge in [-0.25, -0.2) is 4.68 Å². The van der Waals surface area contributed by atoms with Crippen LogP contribution in [0.5, 0.6) is 17.2 Å². The fourth-order valence-electron chi connectivity index (χ4n) is 4.33. The zero-order valence-corrected chi connectivity index (χ0v) is 21.1. The van der Waals surface area contributed by atoms with E-state index in [-0.39, 0.29) is 19.0 Å². The number of benzene rings is 3. The van der Waals surface area contributed by atoms with Crippen molar-refractivity contribution in [2.24, 2.45) is 0 Å². The number of nitrogens with one attached hydrogen (secondary N) is 3. The normalized spacial score (nSPS) is 11.8. The topological polar surface area (TPSA) is 120 Å². The van der Waals surface area contributed by atoms with E-state index in [0.717, 1.165) is 16.7 Å². The van der Waals surface area contributed by atoms with Crippen molar-refractivity contribution in [2.45, 2.75) is 20.4 Å². The lowest BCUT2D eigenvalue weighted by Crippen LogP contribution is -2.39. The molecule has 0 atom stereocenters. The predicted molar refractivity (Wildman–Crippen MR) is 141 cm³/mol. The number of amides is 3. The molecule has 0 spiro atoms. The summed E-state index contributed by atoms with van der Waals surface area (Å²) in [6.45, 7) is 4.03. The number of nitrogens with zero attached hydrogens (tertiary/aromatic N) is 1. The second-order valence-corrected chi connectivity index (χ2v) is 8.80. The average Bonchev–Trinajstić information content (AvgIpc) is 3.53. The molecule has 0 unspecified atom stereocenters. The van der Waals surface area contributed by atoms with Gasteiger partial charge in [-0.15, -0.1) is 0 Å². The summed E-state index contributed by atoms with van der Waals surface area (Å²) in [5.41, 5.74) is 6.33. The standard InChI is InChI=1S/C28H26N4O6/c1-16-6-4-7-17(2)24(16)30-26(33)20-13-19-8-5-9-22(36-3)25(19)32(20)31-28(35)27(34)29-14-18-10-11-21-23(12-18)38-15-37-21/h4-13H,14-15H2,1-3H3,(H,29,34)(H,30,33)(H,31,35). The number of aromatic nitrogens is 1. The minimum absolute atomic E-state index is 0.0958. The number of ether oxygens (including phenoxy) is 3. The summed E-state index contributed by atoms with van der Waals surface area (Å²) in [7, 11) is 1.49. The Morgan fingerprint density at radius 1 is 0.921 bits per heavy atom. The predicted octanol–water partition coefficient (Wildman–Crippen LogP) is 3.63. The highest BCUT2D eigenvalue weighted by Crippen LogP contribution is 2.32. The molecular formula is C28H26N4O6. The number of fused-ring (bicyclic) bond motifs is 2. The molecule has 1 aliphatic heterocycles. The highest BCUT2D eigenvalue weighted by atomic mass is 16.7. The van der Waals surface area contributed by atoms with Crippen molar-refractivity contribution >= 4 is 34.3 Å². The molecule has 3 amide bonds. The Bertz CT molecular complexity index is 1560. The maximum absolute atomic E-state index is 13.4. The molecule has 0 saturated carbocycles. The largest absolute Gasteiger partial charge is 0.494 e. The lowest BCUT2D eigenvalue weighted by molar-refractivity contribution is -0.136. The second kappa shape index (κ2) is 10.2. The van der Waals surface area contributed by atoms with E-state index >= 15 is 0 Å². The number of methoxy groups -OCH3 is 1. The van der Waals surface area contributed by atoms with Crippen molar-refractivity contribution in [3.8, 4) is 17.2 Å². The van der Waals surface area contributed by atoms with E-state index in [1.54, 1.807) is 42.5 Å². The van der Waals surface area contributed by atoms with E-state index in [1.165, 1.54) is 11.8 Å². The van der Waals surface area contributed by atoms with Crippen LogP contribution in [-0.2, 0) is 16.1 Å². The molecule has 194 valence electrons. The summed E-state index contributed by atoms with van der Waals surface area (Å²) in [4.78, 5) is 39.1. The van der Waals surface area contributed by atoms with Crippen molar-refractivity contribution in [1.29, 1.82) is 0 Å². The Balaban J connectivity index is 1.40. The lowest BCUT2D eigenvalue weighted by Gasteiger charge is -2.15. The second-order valence-electron chi connectivity index (χ2n) is 8.80. The third-order valence-corrected chi connectivity index (χ3v) is 6.27. The summed E-state index contributed by atoms with van der Waals surface area (Å²) < 4.78 is 17.4. The van der Waals surface area contributed by atoms with Gasteiger partial charge in [0.15, 0.2) is 11.5 Å². The fourth-order valence-corrected chi connectivity index (χ4v) is 4.33. The van der Waals surface area contributed by atoms with Gasteiger partial charge in [0, 0.05) is 17.6 Å². The minimum Gasteiger partial charge on any atom is -0.494 e. The van der Waals surface area contributed by atoms with Gasteiger partial charge in [-0.3, -0.25) is 19.8 Å². The average molecular weight is 515 g/mol. The number of carbonyl (C=O) groups is 3. The number of carbonyl (C=O) groups excluding carboxylic acids is 3. The molecule has 10 nitrogen and oxygen atoms in total. The molecule has 3 N–H and O–H groups in total. The number of para-hydroxylation sites is 2. The van der Waals surface area contributed by atoms with Gasteiger partial charge in [-0.1, -0.05) is 36.4 Å². The van der Waals surface area contributed by atoms with Crippen molar-refractivity contribution in [2.75, 3.05) is 24.6 Å². The molecule has 0 bridgehead atoms. The quantitative estimate of drug-likeness (QED) is 0.338.